The van der Waals surface area contributed by atoms with Gasteiger partial charge in [0.2, 0.25) is 0 Å². The second kappa shape index (κ2) is 7.49. The van der Waals surface area contributed by atoms with E-state index < -0.39 is 0 Å². The lowest BCUT2D eigenvalue weighted by Crippen LogP contribution is -2.39. The van der Waals surface area contributed by atoms with E-state index in [1.165, 1.54) is 32.8 Å². The first-order valence-corrected chi connectivity index (χ1v) is 7.20. The molecule has 0 heterocycles. The number of hydrogen-bond acceptors (Lipinski definition) is 4. The molecule has 0 N–H and O–H groups in total. The maximum Gasteiger partial charge on any atom is 0.319 e. The summed E-state index contributed by atoms with van der Waals surface area (Å²) in [7, 11) is 1.44. The predicted molar refractivity (Wildman–Crippen MR) is 74.5 cm³/mol. The highest BCUT2D eigenvalue weighted by Crippen LogP contribution is 2.25. The van der Waals surface area contributed by atoms with Gasteiger partial charge in [-0.1, -0.05) is 12.8 Å². The molecule has 0 aromatic heterocycles. The van der Waals surface area contributed by atoms with Crippen molar-refractivity contribution in [3.63, 3.8) is 0 Å². The highest BCUT2D eigenvalue weighted by Gasteiger charge is 2.25. The smallest absolute Gasteiger partial charge is 0.319 e. The Morgan fingerprint density at radius 2 is 2.05 bits per heavy atom. The third-order valence-corrected chi connectivity index (χ3v) is 3.95. The summed E-state index contributed by atoms with van der Waals surface area (Å²) in [6, 6.07) is 2.84. The first-order chi connectivity index (χ1) is 8.98. The fraction of sp³-hybridized carbons (Fsp3) is 0.867. The Kier molecular flexibility index (Phi) is 6.30. The number of rotatable bonds is 7. The summed E-state index contributed by atoms with van der Waals surface area (Å²) in [6.07, 6.45) is 6.69. The van der Waals surface area contributed by atoms with Gasteiger partial charge in [-0.05, 0) is 46.1 Å². The molecule has 0 amide bonds. The summed E-state index contributed by atoms with van der Waals surface area (Å²) in [4.78, 5) is 13.7. The van der Waals surface area contributed by atoms with Crippen molar-refractivity contribution in [2.45, 2.75) is 58.4 Å². The van der Waals surface area contributed by atoms with Gasteiger partial charge < -0.3 is 4.74 Å². The first kappa shape index (κ1) is 16.0. The van der Waals surface area contributed by atoms with E-state index in [9.17, 15) is 4.79 Å². The molecule has 0 bridgehead atoms. The number of carbonyl (C=O) groups excluding carboxylic acids is 1. The van der Waals surface area contributed by atoms with Crippen LogP contribution in [0.2, 0.25) is 0 Å². The van der Waals surface area contributed by atoms with Crippen molar-refractivity contribution >= 4 is 5.97 Å². The molecule has 1 aliphatic carbocycles. The van der Waals surface area contributed by atoms with E-state index in [-0.39, 0.29) is 11.4 Å². The van der Waals surface area contributed by atoms with Crippen LogP contribution in [0.25, 0.3) is 0 Å². The van der Waals surface area contributed by atoms with Gasteiger partial charge in [-0.3, -0.25) is 9.69 Å². The van der Waals surface area contributed by atoms with Gasteiger partial charge in [-0.2, -0.15) is 5.26 Å². The molecule has 0 aromatic rings. The molecule has 4 nitrogen and oxygen atoms in total. The summed E-state index contributed by atoms with van der Waals surface area (Å²) in [6.45, 7) is 5.19. The van der Waals surface area contributed by atoms with Gasteiger partial charge in [0.25, 0.3) is 0 Å². The van der Waals surface area contributed by atoms with Crippen LogP contribution in [0.4, 0.5) is 0 Å². The van der Waals surface area contributed by atoms with Crippen molar-refractivity contribution in [1.29, 1.82) is 5.26 Å². The molecule has 0 saturated heterocycles. The van der Waals surface area contributed by atoms with Crippen LogP contribution in [0.1, 0.15) is 52.4 Å². The van der Waals surface area contributed by atoms with Gasteiger partial charge in [-0.25, -0.2) is 0 Å². The number of nitrogens with zero attached hydrogens (tertiary/aromatic N) is 2. The lowest BCUT2D eigenvalue weighted by molar-refractivity contribution is -0.142. The second-order valence-electron chi connectivity index (χ2n) is 6.08. The third kappa shape index (κ3) is 5.61. The Labute approximate surface area is 116 Å². The molecule has 19 heavy (non-hydrogen) atoms. The van der Waals surface area contributed by atoms with Crippen LogP contribution in [-0.4, -0.2) is 37.1 Å². The molecular weight excluding hydrogens is 240 g/mol. The van der Waals surface area contributed by atoms with E-state index in [0.29, 0.717) is 12.6 Å². The lowest BCUT2D eigenvalue weighted by atomic mass is 9.89. The summed E-state index contributed by atoms with van der Waals surface area (Å²) in [5, 5.41) is 9.02. The van der Waals surface area contributed by atoms with Crippen molar-refractivity contribution in [2.75, 3.05) is 20.2 Å². The molecular formula is C15H26N2O2. The number of ether oxygens (including phenoxy) is 1. The van der Waals surface area contributed by atoms with Crippen LogP contribution in [-0.2, 0) is 9.53 Å². The van der Waals surface area contributed by atoms with Crippen molar-refractivity contribution in [3.8, 4) is 6.07 Å². The Morgan fingerprint density at radius 1 is 1.42 bits per heavy atom. The fourth-order valence-electron chi connectivity index (χ4n) is 2.67. The molecule has 1 saturated carbocycles. The van der Waals surface area contributed by atoms with E-state index in [1.807, 2.05) is 13.8 Å². The summed E-state index contributed by atoms with van der Waals surface area (Å²) in [5.74, 6) is -0.161. The maximum atomic E-state index is 11.5. The third-order valence-electron chi connectivity index (χ3n) is 3.95. The molecule has 0 unspecified atom stereocenters. The molecule has 4 heteroatoms. The molecule has 0 radical (unpaired) electrons. The quantitative estimate of drug-likeness (QED) is 0.665. The van der Waals surface area contributed by atoms with Crippen LogP contribution in [0.5, 0.6) is 0 Å². The van der Waals surface area contributed by atoms with E-state index in [1.54, 1.807) is 0 Å². The monoisotopic (exact) mass is 266 g/mol. The molecule has 1 fully saturated rings. The number of carbonyl (C=O) groups is 1. The normalized spacial score (nSPS) is 16.6. The van der Waals surface area contributed by atoms with Gasteiger partial charge in [-0.15, -0.1) is 0 Å². The second-order valence-corrected chi connectivity index (χ2v) is 6.08. The van der Waals surface area contributed by atoms with Crippen LogP contribution in [0.3, 0.4) is 0 Å². The van der Waals surface area contributed by atoms with Gasteiger partial charge in [0.05, 0.1) is 25.1 Å². The molecule has 1 rings (SSSR count). The van der Waals surface area contributed by atoms with Gasteiger partial charge in [0.15, 0.2) is 0 Å². The zero-order chi connectivity index (χ0) is 14.3. The molecule has 1 aliphatic rings. The van der Waals surface area contributed by atoms with E-state index >= 15 is 0 Å². The number of methoxy groups -OCH3 is 1. The average molecular weight is 266 g/mol. The van der Waals surface area contributed by atoms with Gasteiger partial charge in [0.1, 0.15) is 0 Å². The number of esters is 1. The van der Waals surface area contributed by atoms with Crippen LogP contribution >= 0.6 is 0 Å². The number of hydrogen-bond donors (Lipinski definition) is 0. The van der Waals surface area contributed by atoms with Crippen molar-refractivity contribution in [2.24, 2.45) is 5.41 Å². The standard InChI is InChI=1S/C15H26N2O2/c1-15(2,12-16)9-6-10-17(11-14(18)19-3)13-7-4-5-8-13/h13H,4-11H2,1-3H3. The minimum Gasteiger partial charge on any atom is -0.468 e. The van der Waals surface area contributed by atoms with Crippen molar-refractivity contribution < 1.29 is 9.53 Å². The zero-order valence-corrected chi connectivity index (χ0v) is 12.4. The highest BCUT2D eigenvalue weighted by atomic mass is 16.5. The fourth-order valence-corrected chi connectivity index (χ4v) is 2.67. The summed E-state index contributed by atoms with van der Waals surface area (Å²) in [5.41, 5.74) is -0.271. The van der Waals surface area contributed by atoms with E-state index in [0.717, 1.165) is 19.4 Å². The van der Waals surface area contributed by atoms with Gasteiger partial charge in [0, 0.05) is 6.04 Å². The lowest BCUT2D eigenvalue weighted by Gasteiger charge is -2.28. The van der Waals surface area contributed by atoms with Crippen LogP contribution in [0.15, 0.2) is 0 Å². The SMILES string of the molecule is COC(=O)CN(CCCC(C)(C)C#N)C1CCCC1. The zero-order valence-electron chi connectivity index (χ0n) is 12.4. The van der Waals surface area contributed by atoms with E-state index in [4.69, 9.17) is 10.00 Å². The first-order valence-electron chi connectivity index (χ1n) is 7.20. The molecule has 0 aromatic carbocycles. The Morgan fingerprint density at radius 3 is 2.58 bits per heavy atom. The van der Waals surface area contributed by atoms with Gasteiger partial charge >= 0.3 is 5.97 Å². The van der Waals surface area contributed by atoms with Crippen LogP contribution in [0, 0.1) is 16.7 Å². The summed E-state index contributed by atoms with van der Waals surface area (Å²) >= 11 is 0. The molecule has 0 spiro atoms. The average Bonchev–Trinajstić information content (AvgIpc) is 2.91. The Hall–Kier alpha value is -1.08. The molecule has 108 valence electrons. The topological polar surface area (TPSA) is 53.3 Å². The molecule has 0 aliphatic heterocycles. The van der Waals surface area contributed by atoms with Crippen LogP contribution < -0.4 is 0 Å². The van der Waals surface area contributed by atoms with E-state index in [2.05, 4.69) is 11.0 Å². The van der Waals surface area contributed by atoms with Crippen molar-refractivity contribution in [1.82, 2.24) is 4.90 Å². The predicted octanol–water partition coefficient (Wildman–Crippen LogP) is 2.73. The largest absolute Gasteiger partial charge is 0.468 e. The maximum absolute atomic E-state index is 11.5. The minimum atomic E-state index is -0.271. The van der Waals surface area contributed by atoms with Crippen molar-refractivity contribution in [3.05, 3.63) is 0 Å². The molecule has 0 atom stereocenters. The highest BCUT2D eigenvalue weighted by molar-refractivity contribution is 5.71. The number of nitriles is 1. The Balaban J connectivity index is 2.45. The minimum absolute atomic E-state index is 0.161. The Bertz CT molecular complexity index is 328. The summed E-state index contributed by atoms with van der Waals surface area (Å²) < 4.78 is 4.78.